The molecule has 1 aromatic rings. The van der Waals surface area contributed by atoms with Gasteiger partial charge < -0.3 is 16.4 Å². The molecule has 0 aliphatic heterocycles. The Balaban J connectivity index is 2.12. The van der Waals surface area contributed by atoms with E-state index in [1.807, 2.05) is 0 Å². The first kappa shape index (κ1) is 14.5. The summed E-state index contributed by atoms with van der Waals surface area (Å²) in [6.07, 6.45) is 2.34. The van der Waals surface area contributed by atoms with Crippen molar-refractivity contribution in [3.8, 4) is 0 Å². The number of nitrogens with one attached hydrogen (secondary N) is 2. The van der Waals surface area contributed by atoms with Gasteiger partial charge >= 0.3 is 0 Å². The van der Waals surface area contributed by atoms with Crippen LogP contribution in [0.1, 0.15) is 26.2 Å². The van der Waals surface area contributed by atoms with Gasteiger partial charge in [0.15, 0.2) is 0 Å². The molecule has 0 atom stereocenters. The van der Waals surface area contributed by atoms with Crippen LogP contribution in [0.4, 0.5) is 11.4 Å². The van der Waals surface area contributed by atoms with E-state index in [0.29, 0.717) is 24.2 Å². The van der Waals surface area contributed by atoms with Gasteiger partial charge in [0, 0.05) is 18.3 Å². The third-order valence-electron chi connectivity index (χ3n) is 3.55. The van der Waals surface area contributed by atoms with Gasteiger partial charge in [-0.25, -0.2) is 0 Å². The van der Waals surface area contributed by atoms with Crippen molar-refractivity contribution >= 4 is 40.4 Å². The normalized spacial score (nSPS) is 15.8. The maximum atomic E-state index is 12.3. The van der Waals surface area contributed by atoms with Crippen molar-refractivity contribution in [3.05, 3.63) is 24.3 Å². The Labute approximate surface area is 122 Å². The molecule has 0 saturated heterocycles. The van der Waals surface area contributed by atoms with Crippen molar-refractivity contribution in [1.82, 2.24) is 0 Å². The summed E-state index contributed by atoms with van der Waals surface area (Å²) in [7, 11) is 0. The molecule has 6 heteroatoms. The minimum atomic E-state index is -0.709. The quantitative estimate of drug-likeness (QED) is 0.741. The van der Waals surface area contributed by atoms with Gasteiger partial charge in [0.25, 0.3) is 0 Å². The molecule has 106 valence electrons. The van der Waals surface area contributed by atoms with Crippen molar-refractivity contribution in [2.75, 3.05) is 10.6 Å². The lowest BCUT2D eigenvalue weighted by Crippen LogP contribution is -2.50. The van der Waals surface area contributed by atoms with Crippen LogP contribution in [0.2, 0.25) is 0 Å². The second-order valence-corrected chi connectivity index (χ2v) is 5.46. The Morgan fingerprint density at radius 1 is 1.25 bits per heavy atom. The minimum absolute atomic E-state index is 0.160. The number of amides is 2. The fourth-order valence-electron chi connectivity index (χ4n) is 2.24. The predicted molar refractivity (Wildman–Crippen MR) is 82.4 cm³/mol. The van der Waals surface area contributed by atoms with Gasteiger partial charge in [-0.3, -0.25) is 9.59 Å². The van der Waals surface area contributed by atoms with Gasteiger partial charge in [-0.05, 0) is 31.0 Å². The van der Waals surface area contributed by atoms with Crippen molar-refractivity contribution in [1.29, 1.82) is 0 Å². The number of anilines is 2. The highest BCUT2D eigenvalue weighted by molar-refractivity contribution is 7.80. The van der Waals surface area contributed by atoms with Crippen LogP contribution in [0.15, 0.2) is 24.3 Å². The standard InChI is InChI=1S/C14H17N3O2S/c1-9(18)16-10-4-2-5-11(8-10)17-13(19)14(12(15)20)6-3-7-14/h2,4-5,8H,3,6-7H2,1H3,(H2,15,20)(H,16,18)(H,17,19). The fourth-order valence-corrected chi connectivity index (χ4v) is 2.54. The van der Waals surface area contributed by atoms with Crippen molar-refractivity contribution < 1.29 is 9.59 Å². The van der Waals surface area contributed by atoms with E-state index in [4.69, 9.17) is 18.0 Å². The molecule has 1 fully saturated rings. The van der Waals surface area contributed by atoms with Crippen LogP contribution in [0.5, 0.6) is 0 Å². The molecule has 2 rings (SSSR count). The minimum Gasteiger partial charge on any atom is -0.392 e. The van der Waals surface area contributed by atoms with Crippen LogP contribution in [0, 0.1) is 5.41 Å². The number of carbonyl (C=O) groups excluding carboxylic acids is 2. The van der Waals surface area contributed by atoms with Crippen molar-refractivity contribution in [3.63, 3.8) is 0 Å². The lowest BCUT2D eigenvalue weighted by Gasteiger charge is -2.39. The van der Waals surface area contributed by atoms with Gasteiger partial charge in [-0.2, -0.15) is 0 Å². The predicted octanol–water partition coefficient (Wildman–Crippen LogP) is 2.04. The average Bonchev–Trinajstić information content (AvgIpc) is 2.25. The van der Waals surface area contributed by atoms with Crippen LogP contribution in [-0.2, 0) is 9.59 Å². The molecule has 2 amide bonds. The van der Waals surface area contributed by atoms with E-state index < -0.39 is 5.41 Å². The Kier molecular flexibility index (Phi) is 4.04. The second-order valence-electron chi connectivity index (χ2n) is 5.02. The summed E-state index contributed by atoms with van der Waals surface area (Å²) >= 11 is 5.02. The number of thiocarbonyl (C=S) groups is 1. The largest absolute Gasteiger partial charge is 0.392 e. The van der Waals surface area contributed by atoms with Gasteiger partial charge in [-0.1, -0.05) is 24.7 Å². The zero-order chi connectivity index (χ0) is 14.8. The SMILES string of the molecule is CC(=O)Nc1cccc(NC(=O)C2(C(N)=S)CCC2)c1. The molecule has 0 spiro atoms. The second kappa shape index (κ2) is 5.58. The van der Waals surface area contributed by atoms with Gasteiger partial charge in [0.05, 0.1) is 10.4 Å². The van der Waals surface area contributed by atoms with Gasteiger partial charge in [0.2, 0.25) is 11.8 Å². The monoisotopic (exact) mass is 291 g/mol. The zero-order valence-corrected chi connectivity index (χ0v) is 12.0. The smallest absolute Gasteiger partial charge is 0.237 e. The molecule has 20 heavy (non-hydrogen) atoms. The van der Waals surface area contributed by atoms with E-state index in [2.05, 4.69) is 10.6 Å². The average molecular weight is 291 g/mol. The topological polar surface area (TPSA) is 84.2 Å². The molecule has 0 bridgehead atoms. The summed E-state index contributed by atoms with van der Waals surface area (Å²) in [4.78, 5) is 23.6. The molecular formula is C14H17N3O2S. The van der Waals surface area contributed by atoms with Gasteiger partial charge in [0.1, 0.15) is 0 Å². The van der Waals surface area contributed by atoms with E-state index in [1.54, 1.807) is 24.3 Å². The summed E-state index contributed by atoms with van der Waals surface area (Å²) in [6, 6.07) is 6.97. The van der Waals surface area contributed by atoms with E-state index in [1.165, 1.54) is 6.92 Å². The van der Waals surface area contributed by atoms with E-state index >= 15 is 0 Å². The maximum Gasteiger partial charge on any atom is 0.237 e. The number of nitrogens with two attached hydrogens (primary N) is 1. The van der Waals surface area contributed by atoms with Crippen LogP contribution >= 0.6 is 12.2 Å². The molecule has 5 nitrogen and oxygen atoms in total. The number of carbonyl (C=O) groups is 2. The summed E-state index contributed by atoms with van der Waals surface area (Å²) in [5.74, 6) is -0.330. The molecule has 4 N–H and O–H groups in total. The first-order chi connectivity index (χ1) is 9.44. The third-order valence-corrected chi connectivity index (χ3v) is 3.94. The highest BCUT2D eigenvalue weighted by atomic mass is 32.1. The molecule has 0 radical (unpaired) electrons. The Hall–Kier alpha value is -1.95. The number of hydrogen-bond donors (Lipinski definition) is 3. The van der Waals surface area contributed by atoms with Gasteiger partial charge in [-0.15, -0.1) is 0 Å². The molecule has 0 aromatic heterocycles. The van der Waals surface area contributed by atoms with Crippen molar-refractivity contribution in [2.24, 2.45) is 11.1 Å². The lowest BCUT2D eigenvalue weighted by atomic mass is 9.68. The highest BCUT2D eigenvalue weighted by Crippen LogP contribution is 2.42. The van der Waals surface area contributed by atoms with E-state index in [0.717, 1.165) is 6.42 Å². The molecule has 0 unspecified atom stereocenters. The summed E-state index contributed by atoms with van der Waals surface area (Å²) < 4.78 is 0. The fraction of sp³-hybridized carbons (Fsp3) is 0.357. The summed E-state index contributed by atoms with van der Waals surface area (Å²) in [5, 5.41) is 5.49. The van der Waals surface area contributed by atoms with Crippen LogP contribution in [0.25, 0.3) is 0 Å². The Morgan fingerprint density at radius 2 is 1.85 bits per heavy atom. The first-order valence-electron chi connectivity index (χ1n) is 6.43. The van der Waals surface area contributed by atoms with E-state index in [9.17, 15) is 9.59 Å². The number of benzene rings is 1. The summed E-state index contributed by atoms with van der Waals surface area (Å²) in [6.45, 7) is 1.43. The van der Waals surface area contributed by atoms with Crippen LogP contribution in [0.3, 0.4) is 0 Å². The van der Waals surface area contributed by atoms with E-state index in [-0.39, 0.29) is 16.8 Å². The van der Waals surface area contributed by atoms with Crippen LogP contribution in [-0.4, -0.2) is 16.8 Å². The Bertz CT molecular complexity index is 567. The third kappa shape index (κ3) is 2.80. The molecule has 1 aliphatic carbocycles. The van der Waals surface area contributed by atoms with Crippen molar-refractivity contribution in [2.45, 2.75) is 26.2 Å². The molecular weight excluding hydrogens is 274 g/mol. The number of rotatable bonds is 4. The first-order valence-corrected chi connectivity index (χ1v) is 6.84. The Morgan fingerprint density at radius 3 is 2.30 bits per heavy atom. The molecule has 0 heterocycles. The highest BCUT2D eigenvalue weighted by Gasteiger charge is 2.46. The molecule has 1 aliphatic rings. The molecule has 1 saturated carbocycles. The summed E-state index contributed by atoms with van der Waals surface area (Å²) in [5.41, 5.74) is 6.23. The molecule has 1 aromatic carbocycles. The zero-order valence-electron chi connectivity index (χ0n) is 11.2. The lowest BCUT2D eigenvalue weighted by molar-refractivity contribution is -0.125. The maximum absolute atomic E-state index is 12.3. The number of hydrogen-bond acceptors (Lipinski definition) is 3. The van der Waals surface area contributed by atoms with Crippen LogP contribution < -0.4 is 16.4 Å².